The van der Waals surface area contributed by atoms with Crippen molar-refractivity contribution in [2.45, 2.75) is 46.1 Å². The molecule has 0 aromatic heterocycles. The van der Waals surface area contributed by atoms with Crippen molar-refractivity contribution in [1.29, 1.82) is 0 Å². The summed E-state index contributed by atoms with van der Waals surface area (Å²) in [4.78, 5) is 15.1. The van der Waals surface area contributed by atoms with Crippen LogP contribution < -0.4 is 5.32 Å². The molecule has 2 heterocycles. The van der Waals surface area contributed by atoms with Crippen LogP contribution >= 0.6 is 0 Å². The molecule has 2 saturated heterocycles. The smallest absolute Gasteiger partial charge is 0.223 e. The Labute approximate surface area is 140 Å². The van der Waals surface area contributed by atoms with E-state index in [0.717, 1.165) is 32.5 Å². The summed E-state index contributed by atoms with van der Waals surface area (Å²) in [6, 6.07) is 8.86. The molecule has 2 fully saturated rings. The maximum atomic E-state index is 12.9. The maximum absolute atomic E-state index is 12.9. The van der Waals surface area contributed by atoms with Gasteiger partial charge in [0.05, 0.1) is 6.04 Å². The van der Waals surface area contributed by atoms with Crippen molar-refractivity contribution in [2.24, 2.45) is 17.8 Å². The molecule has 0 saturated carbocycles. The van der Waals surface area contributed by atoms with Crippen LogP contribution in [0.25, 0.3) is 0 Å². The Bertz CT molecular complexity index is 554. The Balaban J connectivity index is 1.78. The number of likely N-dealkylation sites (tertiary alicyclic amines) is 1. The first kappa shape index (κ1) is 16.5. The van der Waals surface area contributed by atoms with Crippen molar-refractivity contribution in [1.82, 2.24) is 10.2 Å². The predicted molar refractivity (Wildman–Crippen MR) is 94.2 cm³/mol. The number of carbonyl (C=O) groups is 1. The number of benzene rings is 1. The van der Waals surface area contributed by atoms with Gasteiger partial charge in [-0.15, -0.1) is 0 Å². The molecule has 3 nitrogen and oxygen atoms in total. The molecule has 3 atom stereocenters. The summed E-state index contributed by atoms with van der Waals surface area (Å²) in [6.45, 7) is 9.66. The molecule has 1 aromatic carbocycles. The second kappa shape index (κ2) is 7.04. The van der Waals surface area contributed by atoms with Gasteiger partial charge in [-0.2, -0.15) is 0 Å². The first-order valence-corrected chi connectivity index (χ1v) is 9.13. The van der Waals surface area contributed by atoms with Crippen LogP contribution in [0, 0.1) is 24.7 Å². The number of carbonyl (C=O) groups excluding carboxylic acids is 1. The lowest BCUT2D eigenvalue weighted by Gasteiger charge is -2.29. The van der Waals surface area contributed by atoms with Gasteiger partial charge in [0.1, 0.15) is 0 Å². The van der Waals surface area contributed by atoms with E-state index in [0.29, 0.717) is 30.1 Å². The topological polar surface area (TPSA) is 32.3 Å². The van der Waals surface area contributed by atoms with Crippen LogP contribution in [0.15, 0.2) is 24.3 Å². The van der Waals surface area contributed by atoms with E-state index in [-0.39, 0.29) is 6.04 Å². The van der Waals surface area contributed by atoms with E-state index < -0.39 is 0 Å². The summed E-state index contributed by atoms with van der Waals surface area (Å²) >= 11 is 0. The van der Waals surface area contributed by atoms with E-state index in [1.165, 1.54) is 11.1 Å². The molecule has 0 spiro atoms. The van der Waals surface area contributed by atoms with Gasteiger partial charge in [0.15, 0.2) is 0 Å². The first-order valence-electron chi connectivity index (χ1n) is 9.13. The van der Waals surface area contributed by atoms with Crippen LogP contribution in [-0.4, -0.2) is 30.4 Å². The number of rotatable bonds is 5. The third-order valence-electron chi connectivity index (χ3n) is 5.56. The van der Waals surface area contributed by atoms with Crippen molar-refractivity contribution < 1.29 is 4.79 Å². The molecule has 0 unspecified atom stereocenters. The van der Waals surface area contributed by atoms with Crippen LogP contribution in [0.2, 0.25) is 0 Å². The van der Waals surface area contributed by atoms with Gasteiger partial charge in [0, 0.05) is 32.0 Å². The Morgan fingerprint density at radius 1 is 1.30 bits per heavy atom. The van der Waals surface area contributed by atoms with Crippen molar-refractivity contribution in [2.75, 3.05) is 19.6 Å². The highest BCUT2D eigenvalue weighted by atomic mass is 16.2. The molecule has 3 heteroatoms. The van der Waals surface area contributed by atoms with Crippen LogP contribution in [0.3, 0.4) is 0 Å². The van der Waals surface area contributed by atoms with E-state index in [4.69, 9.17) is 0 Å². The number of nitrogens with one attached hydrogen (secondary N) is 1. The summed E-state index contributed by atoms with van der Waals surface area (Å²) in [6.07, 6.45) is 2.86. The van der Waals surface area contributed by atoms with Crippen molar-refractivity contribution in [3.63, 3.8) is 0 Å². The van der Waals surface area contributed by atoms with Crippen molar-refractivity contribution in [3.8, 4) is 0 Å². The molecule has 126 valence electrons. The fourth-order valence-electron chi connectivity index (χ4n) is 4.30. The molecule has 23 heavy (non-hydrogen) atoms. The van der Waals surface area contributed by atoms with Gasteiger partial charge in [-0.3, -0.25) is 4.79 Å². The number of aryl methyl sites for hydroxylation is 1. The summed E-state index contributed by atoms with van der Waals surface area (Å²) in [7, 11) is 0. The highest BCUT2D eigenvalue weighted by Gasteiger charge is 2.46. The third kappa shape index (κ3) is 3.45. The van der Waals surface area contributed by atoms with Gasteiger partial charge in [-0.1, -0.05) is 44.5 Å². The fourth-order valence-corrected chi connectivity index (χ4v) is 4.30. The summed E-state index contributed by atoms with van der Waals surface area (Å²) in [5.41, 5.74) is 2.66. The van der Waals surface area contributed by atoms with Gasteiger partial charge in [-0.05, 0) is 36.3 Å². The lowest BCUT2D eigenvalue weighted by atomic mass is 9.87. The molecule has 0 aliphatic carbocycles. The van der Waals surface area contributed by atoms with Crippen molar-refractivity contribution >= 4 is 5.91 Å². The molecular weight excluding hydrogens is 284 g/mol. The van der Waals surface area contributed by atoms with Gasteiger partial charge < -0.3 is 10.2 Å². The van der Waals surface area contributed by atoms with Gasteiger partial charge >= 0.3 is 0 Å². The number of hydrogen-bond donors (Lipinski definition) is 1. The normalized spacial score (nSPS) is 26.8. The van der Waals surface area contributed by atoms with Crippen LogP contribution in [0.1, 0.15) is 50.3 Å². The second-order valence-electron chi connectivity index (χ2n) is 7.72. The van der Waals surface area contributed by atoms with Gasteiger partial charge in [0.25, 0.3) is 0 Å². The lowest BCUT2D eigenvalue weighted by molar-refractivity contribution is -0.132. The fraction of sp³-hybridized carbons (Fsp3) is 0.650. The first-order chi connectivity index (χ1) is 11.1. The molecule has 1 aromatic rings. The zero-order valence-electron chi connectivity index (χ0n) is 14.7. The standard InChI is InChI=1S/C20H30N2O/c1-14(2)7-6-10-19(23)22-13-16-11-21-12-18(16)20(22)17-9-5-4-8-15(17)3/h4-5,8-9,14,16,18,20-21H,6-7,10-13H2,1-3H3/t16-,18-,20-/m0/s1. The summed E-state index contributed by atoms with van der Waals surface area (Å²) in [5, 5.41) is 3.52. The molecule has 2 aliphatic rings. The van der Waals surface area contributed by atoms with E-state index in [9.17, 15) is 4.79 Å². The van der Waals surface area contributed by atoms with Gasteiger partial charge in [0.2, 0.25) is 5.91 Å². The van der Waals surface area contributed by atoms with Crippen LogP contribution in [0.5, 0.6) is 0 Å². The average molecular weight is 314 g/mol. The van der Waals surface area contributed by atoms with Crippen LogP contribution in [0.4, 0.5) is 0 Å². The predicted octanol–water partition coefficient (Wildman–Crippen LogP) is 3.54. The Morgan fingerprint density at radius 3 is 2.83 bits per heavy atom. The highest BCUT2D eigenvalue weighted by molar-refractivity contribution is 5.77. The molecule has 0 radical (unpaired) electrons. The minimum atomic E-state index is 0.266. The Kier molecular flexibility index (Phi) is 5.05. The molecule has 3 rings (SSSR count). The highest BCUT2D eigenvalue weighted by Crippen LogP contribution is 2.43. The molecule has 1 N–H and O–H groups in total. The SMILES string of the molecule is Cc1ccccc1[C@H]1[C@H]2CNC[C@H]2CN1C(=O)CCCC(C)C. The minimum absolute atomic E-state index is 0.266. The molecular formula is C20H30N2O. The van der Waals surface area contributed by atoms with E-state index in [1.54, 1.807) is 0 Å². The summed E-state index contributed by atoms with van der Waals surface area (Å²) in [5.74, 6) is 2.23. The average Bonchev–Trinajstić information content (AvgIpc) is 3.08. The largest absolute Gasteiger partial charge is 0.335 e. The zero-order valence-corrected chi connectivity index (χ0v) is 14.7. The Hall–Kier alpha value is -1.35. The van der Waals surface area contributed by atoms with Gasteiger partial charge in [-0.25, -0.2) is 0 Å². The van der Waals surface area contributed by atoms with Crippen molar-refractivity contribution in [3.05, 3.63) is 35.4 Å². The maximum Gasteiger partial charge on any atom is 0.223 e. The minimum Gasteiger partial charge on any atom is -0.335 e. The second-order valence-corrected chi connectivity index (χ2v) is 7.72. The zero-order chi connectivity index (χ0) is 16.4. The van der Waals surface area contributed by atoms with E-state index in [2.05, 4.69) is 55.3 Å². The van der Waals surface area contributed by atoms with E-state index in [1.807, 2.05) is 0 Å². The number of hydrogen-bond acceptors (Lipinski definition) is 2. The quantitative estimate of drug-likeness (QED) is 0.901. The Morgan fingerprint density at radius 2 is 2.09 bits per heavy atom. The monoisotopic (exact) mass is 314 g/mol. The molecule has 2 aliphatic heterocycles. The van der Waals surface area contributed by atoms with E-state index >= 15 is 0 Å². The lowest BCUT2D eigenvalue weighted by Crippen LogP contribution is -2.34. The molecule has 1 amide bonds. The number of nitrogens with zero attached hydrogens (tertiary/aromatic N) is 1. The third-order valence-corrected chi connectivity index (χ3v) is 5.56. The number of amides is 1. The molecule has 0 bridgehead atoms. The van der Waals surface area contributed by atoms with Crippen LogP contribution in [-0.2, 0) is 4.79 Å². The number of fused-ring (bicyclic) bond motifs is 1. The summed E-state index contributed by atoms with van der Waals surface area (Å²) < 4.78 is 0.